The molecule has 0 fully saturated rings. The van der Waals surface area contributed by atoms with E-state index in [9.17, 15) is 14.9 Å². The molecule has 0 bridgehead atoms. The fourth-order valence-corrected chi connectivity index (χ4v) is 2.79. The van der Waals surface area contributed by atoms with Gasteiger partial charge in [-0.05, 0) is 40.5 Å². The molecule has 3 N–H and O–H groups in total. The summed E-state index contributed by atoms with van der Waals surface area (Å²) in [6.45, 7) is 0.404. The van der Waals surface area contributed by atoms with E-state index in [0.29, 0.717) is 11.3 Å². The predicted octanol–water partition coefficient (Wildman–Crippen LogP) is 4.97. The zero-order chi connectivity index (χ0) is 21.3. The zero-order valence-corrected chi connectivity index (χ0v) is 16.2. The molecule has 3 rings (SSSR count). The number of anilines is 1. The van der Waals surface area contributed by atoms with E-state index in [1.54, 1.807) is 18.2 Å². The monoisotopic (exact) mass is 403 g/mol. The van der Waals surface area contributed by atoms with E-state index in [1.807, 2.05) is 54.6 Å². The summed E-state index contributed by atoms with van der Waals surface area (Å²) in [5, 5.41) is 13.6. The maximum Gasteiger partial charge on any atom is 0.411 e. The molecule has 7 heteroatoms. The number of amides is 1. The Morgan fingerprint density at radius 3 is 2.43 bits per heavy atom. The summed E-state index contributed by atoms with van der Waals surface area (Å²) in [5.41, 5.74) is 9.66. The van der Waals surface area contributed by atoms with E-state index in [4.69, 9.17) is 10.5 Å². The van der Waals surface area contributed by atoms with Crippen LogP contribution in [-0.4, -0.2) is 11.0 Å². The summed E-state index contributed by atoms with van der Waals surface area (Å²) < 4.78 is 5.20. The highest BCUT2D eigenvalue weighted by Crippen LogP contribution is 2.20. The SMILES string of the molecule is NCc1cc([N+](=O)[O-])ccc1/C=C/c1ccc(NC(=O)OCc2ccccc2)cc1. The molecule has 0 heterocycles. The van der Waals surface area contributed by atoms with Crippen LogP contribution in [0.2, 0.25) is 0 Å². The number of nitro groups is 1. The number of rotatable bonds is 7. The third-order valence-electron chi connectivity index (χ3n) is 4.38. The van der Waals surface area contributed by atoms with Crippen LogP contribution in [0, 0.1) is 10.1 Å². The standard InChI is InChI=1S/C23H21N3O4/c24-15-20-14-22(26(28)29)13-10-19(20)9-6-17-7-11-21(12-8-17)25-23(27)30-16-18-4-2-1-3-5-18/h1-14H,15-16,24H2,(H,25,27)/b9-6+. The second-order valence-corrected chi connectivity index (χ2v) is 6.49. The molecular formula is C23H21N3O4. The summed E-state index contributed by atoms with van der Waals surface area (Å²) in [4.78, 5) is 22.4. The lowest BCUT2D eigenvalue weighted by Gasteiger charge is -2.07. The van der Waals surface area contributed by atoms with E-state index in [2.05, 4.69) is 5.32 Å². The number of hydrogen-bond donors (Lipinski definition) is 2. The lowest BCUT2D eigenvalue weighted by Crippen LogP contribution is -2.13. The number of nitrogens with one attached hydrogen (secondary N) is 1. The molecule has 0 saturated carbocycles. The second kappa shape index (κ2) is 9.99. The Balaban J connectivity index is 1.59. The van der Waals surface area contributed by atoms with Gasteiger partial charge in [-0.15, -0.1) is 0 Å². The first-order chi connectivity index (χ1) is 14.5. The normalized spacial score (nSPS) is 10.7. The van der Waals surface area contributed by atoms with Crippen molar-refractivity contribution in [2.45, 2.75) is 13.2 Å². The Hall–Kier alpha value is -3.97. The number of carbonyl (C=O) groups excluding carboxylic acids is 1. The van der Waals surface area contributed by atoms with Crippen LogP contribution < -0.4 is 11.1 Å². The lowest BCUT2D eigenvalue weighted by molar-refractivity contribution is -0.384. The Morgan fingerprint density at radius 2 is 1.77 bits per heavy atom. The zero-order valence-electron chi connectivity index (χ0n) is 16.2. The van der Waals surface area contributed by atoms with Crippen molar-refractivity contribution in [2.75, 3.05) is 5.32 Å². The van der Waals surface area contributed by atoms with E-state index >= 15 is 0 Å². The molecule has 3 aromatic carbocycles. The Kier molecular flexibility index (Phi) is 6.91. The van der Waals surface area contributed by atoms with Crippen LogP contribution in [0.3, 0.4) is 0 Å². The van der Waals surface area contributed by atoms with Gasteiger partial charge in [0.1, 0.15) is 6.61 Å². The van der Waals surface area contributed by atoms with Crippen molar-refractivity contribution >= 4 is 29.6 Å². The number of ether oxygens (including phenoxy) is 1. The van der Waals surface area contributed by atoms with Crippen LogP contribution in [0.15, 0.2) is 72.8 Å². The van der Waals surface area contributed by atoms with Gasteiger partial charge in [-0.3, -0.25) is 15.4 Å². The molecule has 3 aromatic rings. The van der Waals surface area contributed by atoms with Gasteiger partial charge in [0.2, 0.25) is 0 Å². The summed E-state index contributed by atoms with van der Waals surface area (Å²) in [7, 11) is 0. The molecule has 0 atom stereocenters. The smallest absolute Gasteiger partial charge is 0.411 e. The van der Waals surface area contributed by atoms with Crippen molar-refractivity contribution in [3.8, 4) is 0 Å². The summed E-state index contributed by atoms with van der Waals surface area (Å²) in [6.07, 6.45) is 3.20. The van der Waals surface area contributed by atoms with Gasteiger partial charge < -0.3 is 10.5 Å². The van der Waals surface area contributed by atoms with Crippen molar-refractivity contribution in [1.29, 1.82) is 0 Å². The first-order valence-electron chi connectivity index (χ1n) is 9.28. The van der Waals surface area contributed by atoms with E-state index in [1.165, 1.54) is 12.1 Å². The Bertz CT molecular complexity index is 1050. The molecule has 0 saturated heterocycles. The minimum Gasteiger partial charge on any atom is -0.444 e. The van der Waals surface area contributed by atoms with E-state index in [0.717, 1.165) is 16.7 Å². The van der Waals surface area contributed by atoms with Crippen LogP contribution in [0.4, 0.5) is 16.2 Å². The molecule has 30 heavy (non-hydrogen) atoms. The molecule has 152 valence electrons. The molecule has 0 aliphatic rings. The third kappa shape index (κ3) is 5.76. The van der Waals surface area contributed by atoms with Gasteiger partial charge in [0.15, 0.2) is 0 Å². The van der Waals surface area contributed by atoms with Crippen molar-refractivity contribution in [2.24, 2.45) is 5.73 Å². The molecule has 0 spiro atoms. The number of carbonyl (C=O) groups is 1. The average Bonchev–Trinajstić information content (AvgIpc) is 2.77. The summed E-state index contributed by atoms with van der Waals surface area (Å²) in [6, 6.07) is 21.3. The largest absolute Gasteiger partial charge is 0.444 e. The van der Waals surface area contributed by atoms with Crippen LogP contribution in [0.1, 0.15) is 22.3 Å². The number of non-ortho nitro benzene ring substituents is 1. The molecule has 1 amide bonds. The number of hydrogen-bond acceptors (Lipinski definition) is 5. The van der Waals surface area contributed by atoms with Crippen LogP contribution in [0.5, 0.6) is 0 Å². The summed E-state index contributed by atoms with van der Waals surface area (Å²) >= 11 is 0. The number of nitrogens with zero attached hydrogens (tertiary/aromatic N) is 1. The minimum atomic E-state index is -0.527. The highest BCUT2D eigenvalue weighted by Gasteiger charge is 2.08. The van der Waals surface area contributed by atoms with Gasteiger partial charge in [0.05, 0.1) is 4.92 Å². The summed E-state index contributed by atoms with van der Waals surface area (Å²) in [5.74, 6) is 0. The fraction of sp³-hybridized carbons (Fsp3) is 0.0870. The van der Waals surface area contributed by atoms with Gasteiger partial charge in [0.25, 0.3) is 5.69 Å². The number of nitrogens with two attached hydrogens (primary N) is 1. The minimum absolute atomic E-state index is 0.0159. The van der Waals surface area contributed by atoms with E-state index < -0.39 is 11.0 Å². The lowest BCUT2D eigenvalue weighted by atomic mass is 10.0. The topological polar surface area (TPSA) is 107 Å². The third-order valence-corrected chi connectivity index (χ3v) is 4.38. The fourth-order valence-electron chi connectivity index (χ4n) is 2.79. The average molecular weight is 403 g/mol. The van der Waals surface area contributed by atoms with Crippen molar-refractivity contribution in [3.63, 3.8) is 0 Å². The number of benzene rings is 3. The first-order valence-corrected chi connectivity index (χ1v) is 9.28. The van der Waals surface area contributed by atoms with Crippen LogP contribution in [0.25, 0.3) is 12.2 Å². The molecule has 7 nitrogen and oxygen atoms in total. The molecule has 0 aliphatic carbocycles. The van der Waals surface area contributed by atoms with Gasteiger partial charge in [-0.1, -0.05) is 54.6 Å². The number of nitro benzene ring substituents is 1. The second-order valence-electron chi connectivity index (χ2n) is 6.49. The highest BCUT2D eigenvalue weighted by atomic mass is 16.6. The van der Waals surface area contributed by atoms with E-state index in [-0.39, 0.29) is 18.8 Å². The van der Waals surface area contributed by atoms with Crippen molar-refractivity contribution in [1.82, 2.24) is 0 Å². The van der Waals surface area contributed by atoms with Crippen LogP contribution >= 0.6 is 0 Å². The highest BCUT2D eigenvalue weighted by molar-refractivity contribution is 5.85. The maximum absolute atomic E-state index is 11.9. The van der Waals surface area contributed by atoms with Crippen molar-refractivity contribution in [3.05, 3.63) is 105 Å². The molecular weight excluding hydrogens is 382 g/mol. The predicted molar refractivity (Wildman–Crippen MR) is 117 cm³/mol. The first kappa shape index (κ1) is 20.8. The quantitative estimate of drug-likeness (QED) is 0.329. The molecule has 0 unspecified atom stereocenters. The van der Waals surface area contributed by atoms with Crippen molar-refractivity contribution < 1.29 is 14.5 Å². The maximum atomic E-state index is 11.9. The van der Waals surface area contributed by atoms with Crippen LogP contribution in [-0.2, 0) is 17.9 Å². The molecule has 0 aliphatic heterocycles. The Labute approximate surface area is 173 Å². The van der Waals surface area contributed by atoms with Gasteiger partial charge in [-0.2, -0.15) is 0 Å². The molecule has 0 radical (unpaired) electrons. The Morgan fingerprint density at radius 1 is 1.03 bits per heavy atom. The van der Waals surface area contributed by atoms with Gasteiger partial charge >= 0.3 is 6.09 Å². The van der Waals surface area contributed by atoms with Gasteiger partial charge in [0, 0.05) is 24.4 Å². The molecule has 0 aromatic heterocycles. The van der Waals surface area contributed by atoms with Gasteiger partial charge in [-0.25, -0.2) is 4.79 Å².